The number of nitrogens with zero attached hydrogens (tertiary/aromatic N) is 4. The number of nitriles is 1. The van der Waals surface area contributed by atoms with E-state index in [1.165, 1.54) is 0 Å². The quantitative estimate of drug-likeness (QED) is 0.421. The molecule has 0 radical (unpaired) electrons. The van der Waals surface area contributed by atoms with E-state index in [1.54, 1.807) is 4.90 Å². The van der Waals surface area contributed by atoms with E-state index in [9.17, 15) is 9.59 Å². The first-order valence-electron chi connectivity index (χ1n) is 11.2. The number of hydrogen-bond donors (Lipinski definition) is 1. The van der Waals surface area contributed by atoms with Crippen LogP contribution in [0.25, 0.3) is 11.0 Å². The third kappa shape index (κ3) is 6.64. The van der Waals surface area contributed by atoms with Crippen molar-refractivity contribution >= 4 is 34.5 Å². The van der Waals surface area contributed by atoms with Gasteiger partial charge in [0.1, 0.15) is 0 Å². The maximum Gasteiger partial charge on any atom is 0.227 e. The van der Waals surface area contributed by atoms with Crippen molar-refractivity contribution in [1.29, 1.82) is 5.26 Å². The molecule has 0 aliphatic rings. The molecule has 0 bridgehead atoms. The molecular weight excluding hydrogens is 418 g/mol. The first-order valence-corrected chi connectivity index (χ1v) is 11.2. The molecule has 2 amide bonds. The number of carbonyl (C=O) groups is 2. The summed E-state index contributed by atoms with van der Waals surface area (Å²) in [5.41, 5.74) is 2.45. The molecule has 0 unspecified atom stereocenters. The Balaban J connectivity index is 1.65. The minimum atomic E-state index is -0.280. The van der Waals surface area contributed by atoms with Gasteiger partial charge < -0.3 is 14.2 Å². The van der Waals surface area contributed by atoms with Crippen molar-refractivity contribution in [2.45, 2.75) is 39.2 Å². The summed E-state index contributed by atoms with van der Waals surface area (Å²) in [6.07, 6.45) is 1.08. The Kier molecular flexibility index (Phi) is 8.98. The zero-order valence-electron chi connectivity index (χ0n) is 18.9. The van der Waals surface area contributed by atoms with Crippen LogP contribution in [0.1, 0.15) is 32.6 Å². The molecule has 0 spiro atoms. The Morgan fingerprint density at radius 1 is 1.12 bits per heavy atom. The number of aryl methyl sites for hydroxylation is 1. The van der Waals surface area contributed by atoms with Gasteiger partial charge in [0.25, 0.3) is 0 Å². The van der Waals surface area contributed by atoms with Gasteiger partial charge in [0.2, 0.25) is 17.8 Å². The third-order valence-corrected chi connectivity index (χ3v) is 5.16. The average Bonchev–Trinajstić information content (AvgIpc) is 3.18. The molecule has 2 aromatic carbocycles. The van der Waals surface area contributed by atoms with Gasteiger partial charge in [0.15, 0.2) is 0 Å². The predicted octanol–water partition coefficient (Wildman–Crippen LogP) is 4.13. The number of para-hydroxylation sites is 3. The second kappa shape index (κ2) is 12.4. The molecule has 1 N–H and O–H groups in total. The lowest BCUT2D eigenvalue weighted by atomic mass is 10.2. The highest BCUT2D eigenvalue weighted by atomic mass is 16.5. The van der Waals surface area contributed by atoms with Crippen molar-refractivity contribution in [2.24, 2.45) is 0 Å². The SMILES string of the molecule is CCOCCCn1c(NC(=O)CCC(=O)N(CCC#N)c2ccccc2)nc2ccccc21. The van der Waals surface area contributed by atoms with E-state index < -0.39 is 0 Å². The van der Waals surface area contributed by atoms with Crippen molar-refractivity contribution in [1.82, 2.24) is 9.55 Å². The molecule has 172 valence electrons. The van der Waals surface area contributed by atoms with Gasteiger partial charge in [0.05, 0.1) is 23.5 Å². The van der Waals surface area contributed by atoms with Crippen molar-refractivity contribution in [3.05, 3.63) is 54.6 Å². The molecule has 0 saturated carbocycles. The standard InChI is InChI=1S/C25H29N5O3/c1-2-33-19-9-18-30-22-13-7-6-12-21(22)27-25(30)28-23(31)14-15-24(32)29(17-8-16-26)20-10-4-3-5-11-20/h3-7,10-13H,2,8-9,14-15,17-19H2,1H3,(H,27,28,31). The van der Waals surface area contributed by atoms with Crippen molar-refractivity contribution in [2.75, 3.05) is 30.0 Å². The minimum absolute atomic E-state index is 0.0247. The number of fused-ring (bicyclic) bond motifs is 1. The Morgan fingerprint density at radius 2 is 1.88 bits per heavy atom. The zero-order valence-corrected chi connectivity index (χ0v) is 18.9. The summed E-state index contributed by atoms with van der Waals surface area (Å²) in [5, 5.41) is 11.8. The van der Waals surface area contributed by atoms with Gasteiger partial charge in [-0.1, -0.05) is 30.3 Å². The molecular formula is C25H29N5O3. The lowest BCUT2D eigenvalue weighted by Crippen LogP contribution is -2.32. The molecule has 33 heavy (non-hydrogen) atoms. The topological polar surface area (TPSA) is 100 Å². The van der Waals surface area contributed by atoms with Gasteiger partial charge in [-0.25, -0.2) is 4.98 Å². The average molecular weight is 448 g/mol. The van der Waals surface area contributed by atoms with Crippen LogP contribution in [0.5, 0.6) is 0 Å². The fourth-order valence-corrected chi connectivity index (χ4v) is 3.58. The first-order chi connectivity index (χ1) is 16.1. The van der Waals surface area contributed by atoms with Gasteiger partial charge in [-0.3, -0.25) is 14.9 Å². The van der Waals surface area contributed by atoms with Crippen molar-refractivity contribution in [3.63, 3.8) is 0 Å². The maximum absolute atomic E-state index is 12.8. The highest BCUT2D eigenvalue weighted by Crippen LogP contribution is 2.21. The summed E-state index contributed by atoms with van der Waals surface area (Å²) < 4.78 is 7.40. The molecule has 8 heteroatoms. The van der Waals surface area contributed by atoms with Gasteiger partial charge in [0, 0.05) is 44.8 Å². The van der Waals surface area contributed by atoms with Crippen molar-refractivity contribution in [3.8, 4) is 6.07 Å². The number of imidazole rings is 1. The molecule has 0 atom stereocenters. The highest BCUT2D eigenvalue weighted by Gasteiger charge is 2.18. The molecule has 1 heterocycles. The van der Waals surface area contributed by atoms with E-state index in [1.807, 2.05) is 66.1 Å². The van der Waals surface area contributed by atoms with Gasteiger partial charge >= 0.3 is 0 Å². The lowest BCUT2D eigenvalue weighted by molar-refractivity contribution is -0.122. The van der Waals surface area contributed by atoms with Crippen LogP contribution < -0.4 is 10.2 Å². The minimum Gasteiger partial charge on any atom is -0.382 e. The van der Waals surface area contributed by atoms with E-state index in [2.05, 4.69) is 16.4 Å². The van der Waals surface area contributed by atoms with Gasteiger partial charge in [-0.05, 0) is 37.6 Å². The van der Waals surface area contributed by atoms with Crippen LogP contribution >= 0.6 is 0 Å². The number of rotatable bonds is 12. The van der Waals surface area contributed by atoms with E-state index in [-0.39, 0.29) is 37.6 Å². The monoisotopic (exact) mass is 447 g/mol. The van der Waals surface area contributed by atoms with Gasteiger partial charge in [-0.15, -0.1) is 0 Å². The highest BCUT2D eigenvalue weighted by molar-refractivity contribution is 5.98. The summed E-state index contributed by atoms with van der Waals surface area (Å²) >= 11 is 0. The lowest BCUT2D eigenvalue weighted by Gasteiger charge is -2.21. The molecule has 1 aromatic heterocycles. The summed E-state index contributed by atoms with van der Waals surface area (Å²) in [4.78, 5) is 31.6. The fraction of sp³-hybridized carbons (Fsp3) is 0.360. The molecule has 3 rings (SSSR count). The Labute approximate surface area is 193 Å². The Hall–Kier alpha value is -3.70. The fourth-order valence-electron chi connectivity index (χ4n) is 3.58. The molecule has 0 fully saturated rings. The first kappa shape index (κ1) is 24.0. The number of nitrogens with one attached hydrogen (secondary N) is 1. The Bertz CT molecular complexity index is 1100. The van der Waals surface area contributed by atoms with Crippen LogP contribution in [-0.4, -0.2) is 41.1 Å². The summed E-state index contributed by atoms with van der Waals surface area (Å²) in [7, 11) is 0. The molecule has 0 aliphatic carbocycles. The molecule has 8 nitrogen and oxygen atoms in total. The van der Waals surface area contributed by atoms with Crippen LogP contribution in [-0.2, 0) is 20.9 Å². The van der Waals surface area contributed by atoms with Crippen LogP contribution in [0.2, 0.25) is 0 Å². The molecule has 0 aliphatic heterocycles. The van der Waals surface area contributed by atoms with Crippen LogP contribution in [0, 0.1) is 11.3 Å². The number of benzene rings is 2. The smallest absolute Gasteiger partial charge is 0.227 e. The summed E-state index contributed by atoms with van der Waals surface area (Å²) in [6.45, 7) is 4.19. The normalized spacial score (nSPS) is 10.7. The second-order valence-electron chi connectivity index (χ2n) is 7.46. The number of ether oxygens (including phenoxy) is 1. The summed E-state index contributed by atoms with van der Waals surface area (Å²) in [6, 6.07) is 19.0. The van der Waals surface area contributed by atoms with Gasteiger partial charge in [-0.2, -0.15) is 5.26 Å². The number of anilines is 2. The van der Waals surface area contributed by atoms with E-state index >= 15 is 0 Å². The third-order valence-electron chi connectivity index (χ3n) is 5.16. The van der Waals surface area contributed by atoms with Crippen LogP contribution in [0.15, 0.2) is 54.6 Å². The number of amides is 2. The number of carbonyl (C=O) groups excluding carboxylic acids is 2. The van der Waals surface area contributed by atoms with E-state index in [4.69, 9.17) is 10.00 Å². The molecule has 0 saturated heterocycles. The number of hydrogen-bond acceptors (Lipinski definition) is 5. The Morgan fingerprint density at radius 3 is 2.64 bits per heavy atom. The van der Waals surface area contributed by atoms with E-state index in [0.29, 0.717) is 31.4 Å². The second-order valence-corrected chi connectivity index (χ2v) is 7.46. The number of aromatic nitrogens is 2. The predicted molar refractivity (Wildman–Crippen MR) is 128 cm³/mol. The summed E-state index contributed by atoms with van der Waals surface area (Å²) in [5.74, 6) is -0.00984. The van der Waals surface area contributed by atoms with Crippen LogP contribution in [0.4, 0.5) is 11.6 Å². The van der Waals surface area contributed by atoms with E-state index in [0.717, 1.165) is 17.5 Å². The zero-order chi connectivity index (χ0) is 23.5. The van der Waals surface area contributed by atoms with Crippen LogP contribution in [0.3, 0.4) is 0 Å². The largest absolute Gasteiger partial charge is 0.382 e. The maximum atomic E-state index is 12.8. The molecule has 3 aromatic rings. The van der Waals surface area contributed by atoms with Crippen molar-refractivity contribution < 1.29 is 14.3 Å².